The highest BCUT2D eigenvalue weighted by atomic mass is 16.6. The van der Waals surface area contributed by atoms with Gasteiger partial charge in [-0.2, -0.15) is 0 Å². The van der Waals surface area contributed by atoms with Gasteiger partial charge in [0.1, 0.15) is 0 Å². The molecular weight excluding hydrogens is 276 g/mol. The number of hydrogen-bond acceptors (Lipinski definition) is 3. The van der Waals surface area contributed by atoms with Crippen LogP contribution >= 0.6 is 0 Å². The SMILES string of the molecule is Cc1ccccc1/C=N\OCC(=O)NCCC1=CCCCC1. The first-order valence-corrected chi connectivity index (χ1v) is 7.91. The van der Waals surface area contributed by atoms with Gasteiger partial charge in [-0.25, -0.2) is 0 Å². The van der Waals surface area contributed by atoms with Crippen LogP contribution in [0.1, 0.15) is 43.2 Å². The molecule has 1 aliphatic carbocycles. The lowest BCUT2D eigenvalue weighted by Gasteiger charge is -2.12. The van der Waals surface area contributed by atoms with Crippen LogP contribution < -0.4 is 5.32 Å². The number of rotatable bonds is 7. The molecule has 1 aromatic carbocycles. The van der Waals surface area contributed by atoms with Gasteiger partial charge in [0.05, 0.1) is 6.21 Å². The second-order valence-corrected chi connectivity index (χ2v) is 5.57. The fourth-order valence-electron chi connectivity index (χ4n) is 2.47. The van der Waals surface area contributed by atoms with Gasteiger partial charge in [0.25, 0.3) is 5.91 Å². The number of oxime groups is 1. The molecule has 0 aromatic heterocycles. The third-order valence-corrected chi connectivity index (χ3v) is 3.80. The molecule has 0 spiro atoms. The lowest BCUT2D eigenvalue weighted by molar-refractivity contribution is -0.125. The van der Waals surface area contributed by atoms with Gasteiger partial charge in [-0.1, -0.05) is 41.1 Å². The van der Waals surface area contributed by atoms with Gasteiger partial charge in [0.15, 0.2) is 6.61 Å². The van der Waals surface area contributed by atoms with E-state index in [9.17, 15) is 4.79 Å². The average molecular weight is 300 g/mol. The molecule has 0 bridgehead atoms. The Morgan fingerprint density at radius 2 is 2.23 bits per heavy atom. The van der Waals surface area contributed by atoms with Gasteiger partial charge < -0.3 is 10.2 Å². The Balaban J connectivity index is 1.61. The van der Waals surface area contributed by atoms with Crippen LogP contribution in [0, 0.1) is 6.92 Å². The molecular formula is C18H24N2O2. The fourth-order valence-corrected chi connectivity index (χ4v) is 2.47. The Hall–Kier alpha value is -2.10. The van der Waals surface area contributed by atoms with E-state index in [1.54, 1.807) is 6.21 Å². The molecule has 0 aliphatic heterocycles. The Morgan fingerprint density at radius 3 is 3.00 bits per heavy atom. The van der Waals surface area contributed by atoms with Crippen LogP contribution in [0.2, 0.25) is 0 Å². The molecule has 1 amide bonds. The number of hydrogen-bond donors (Lipinski definition) is 1. The zero-order chi connectivity index (χ0) is 15.6. The van der Waals surface area contributed by atoms with Crippen molar-refractivity contribution in [3.8, 4) is 0 Å². The van der Waals surface area contributed by atoms with Crippen LogP contribution in [0.5, 0.6) is 0 Å². The fraction of sp³-hybridized carbons (Fsp3) is 0.444. The predicted molar refractivity (Wildman–Crippen MR) is 88.9 cm³/mol. The quantitative estimate of drug-likeness (QED) is 0.477. The van der Waals surface area contributed by atoms with Crippen LogP contribution in [0.3, 0.4) is 0 Å². The molecule has 0 atom stereocenters. The van der Waals surface area contributed by atoms with Crippen LogP contribution in [0.15, 0.2) is 41.1 Å². The molecule has 22 heavy (non-hydrogen) atoms. The number of carbonyl (C=O) groups is 1. The summed E-state index contributed by atoms with van der Waals surface area (Å²) in [6.07, 6.45) is 9.80. The van der Waals surface area contributed by atoms with E-state index in [1.807, 2.05) is 31.2 Å². The lowest BCUT2D eigenvalue weighted by atomic mass is 9.97. The van der Waals surface area contributed by atoms with Gasteiger partial charge in [0.2, 0.25) is 0 Å². The monoisotopic (exact) mass is 300 g/mol. The van der Waals surface area contributed by atoms with Crippen molar-refractivity contribution in [3.05, 3.63) is 47.0 Å². The number of allylic oxidation sites excluding steroid dienone is 1. The van der Waals surface area contributed by atoms with Crippen molar-refractivity contribution in [2.24, 2.45) is 5.16 Å². The first-order valence-electron chi connectivity index (χ1n) is 7.91. The minimum atomic E-state index is -0.127. The van der Waals surface area contributed by atoms with Gasteiger partial charge in [-0.05, 0) is 50.2 Å². The molecule has 0 radical (unpaired) electrons. The van der Waals surface area contributed by atoms with E-state index in [2.05, 4.69) is 16.5 Å². The second-order valence-electron chi connectivity index (χ2n) is 5.57. The smallest absolute Gasteiger partial charge is 0.260 e. The zero-order valence-corrected chi connectivity index (χ0v) is 13.2. The van der Waals surface area contributed by atoms with E-state index in [1.165, 1.54) is 31.3 Å². The third-order valence-electron chi connectivity index (χ3n) is 3.80. The van der Waals surface area contributed by atoms with Crippen LogP contribution in [-0.2, 0) is 9.63 Å². The van der Waals surface area contributed by atoms with E-state index < -0.39 is 0 Å². The molecule has 4 nitrogen and oxygen atoms in total. The van der Waals surface area contributed by atoms with Crippen molar-refractivity contribution in [2.75, 3.05) is 13.2 Å². The van der Waals surface area contributed by atoms with Crippen molar-refractivity contribution >= 4 is 12.1 Å². The minimum absolute atomic E-state index is 0.0402. The Bertz CT molecular complexity index is 550. The minimum Gasteiger partial charge on any atom is -0.386 e. The Morgan fingerprint density at radius 1 is 1.36 bits per heavy atom. The molecule has 0 saturated heterocycles. The maximum absolute atomic E-state index is 11.6. The largest absolute Gasteiger partial charge is 0.386 e. The van der Waals surface area contributed by atoms with Crippen molar-refractivity contribution < 1.29 is 9.63 Å². The number of nitrogens with zero attached hydrogens (tertiary/aromatic N) is 1. The summed E-state index contributed by atoms with van der Waals surface area (Å²) in [6.45, 7) is 2.64. The third kappa shape index (κ3) is 5.72. The van der Waals surface area contributed by atoms with Gasteiger partial charge in [-0.15, -0.1) is 0 Å². The van der Waals surface area contributed by atoms with E-state index >= 15 is 0 Å². The van der Waals surface area contributed by atoms with Crippen molar-refractivity contribution in [2.45, 2.75) is 39.0 Å². The molecule has 118 valence electrons. The Labute approximate surface area is 132 Å². The summed E-state index contributed by atoms with van der Waals surface area (Å²) in [5.74, 6) is -0.127. The normalized spacial score (nSPS) is 14.7. The maximum atomic E-state index is 11.6. The number of aryl methyl sites for hydroxylation is 1. The molecule has 0 unspecified atom stereocenters. The summed E-state index contributed by atoms with van der Waals surface area (Å²) in [7, 11) is 0. The zero-order valence-electron chi connectivity index (χ0n) is 13.2. The molecule has 0 fully saturated rings. The van der Waals surface area contributed by atoms with E-state index in [0.29, 0.717) is 6.54 Å². The van der Waals surface area contributed by atoms with Gasteiger partial charge in [-0.3, -0.25) is 4.79 Å². The predicted octanol–water partition coefficient (Wildman–Crippen LogP) is 3.35. The topological polar surface area (TPSA) is 50.7 Å². The Kier molecular flexibility index (Phi) is 6.68. The summed E-state index contributed by atoms with van der Waals surface area (Å²) in [6, 6.07) is 7.89. The summed E-state index contributed by atoms with van der Waals surface area (Å²) in [5, 5.41) is 6.70. The first kappa shape index (κ1) is 16.3. The lowest BCUT2D eigenvalue weighted by Crippen LogP contribution is -2.28. The molecule has 1 aromatic rings. The summed E-state index contributed by atoms with van der Waals surface area (Å²) < 4.78 is 0. The van der Waals surface area contributed by atoms with Crippen molar-refractivity contribution in [1.29, 1.82) is 0 Å². The maximum Gasteiger partial charge on any atom is 0.260 e. The standard InChI is InChI=1S/C18H24N2O2/c1-15-7-5-6-10-17(15)13-20-22-14-18(21)19-12-11-16-8-3-2-4-9-16/h5-8,10,13H,2-4,9,11-12,14H2,1H3,(H,19,21)/b20-13-. The highest BCUT2D eigenvalue weighted by Crippen LogP contribution is 2.19. The molecule has 4 heteroatoms. The number of benzene rings is 1. The van der Waals surface area contributed by atoms with Crippen LogP contribution in [0.25, 0.3) is 0 Å². The summed E-state index contributed by atoms with van der Waals surface area (Å²) >= 11 is 0. The van der Waals surface area contributed by atoms with Crippen LogP contribution in [-0.4, -0.2) is 25.3 Å². The summed E-state index contributed by atoms with van der Waals surface area (Å²) in [4.78, 5) is 16.7. The highest BCUT2D eigenvalue weighted by Gasteiger charge is 2.05. The van der Waals surface area contributed by atoms with Crippen molar-refractivity contribution in [3.63, 3.8) is 0 Å². The summed E-state index contributed by atoms with van der Waals surface area (Å²) in [5.41, 5.74) is 3.58. The van der Waals surface area contributed by atoms with E-state index in [4.69, 9.17) is 4.84 Å². The van der Waals surface area contributed by atoms with E-state index in [-0.39, 0.29) is 12.5 Å². The van der Waals surface area contributed by atoms with Gasteiger partial charge in [0, 0.05) is 6.54 Å². The van der Waals surface area contributed by atoms with Crippen LogP contribution in [0.4, 0.5) is 0 Å². The number of nitrogens with one attached hydrogen (secondary N) is 1. The first-order chi connectivity index (χ1) is 10.8. The molecule has 2 rings (SSSR count). The second kappa shape index (κ2) is 9.03. The molecule has 0 saturated carbocycles. The number of carbonyl (C=O) groups excluding carboxylic acids is 1. The van der Waals surface area contributed by atoms with Gasteiger partial charge >= 0.3 is 0 Å². The molecule has 1 N–H and O–H groups in total. The highest BCUT2D eigenvalue weighted by molar-refractivity contribution is 5.81. The number of amides is 1. The molecule has 0 heterocycles. The van der Waals surface area contributed by atoms with Crippen molar-refractivity contribution in [1.82, 2.24) is 5.32 Å². The molecule has 1 aliphatic rings. The van der Waals surface area contributed by atoms with E-state index in [0.717, 1.165) is 17.5 Å². The average Bonchev–Trinajstić information content (AvgIpc) is 2.54.